The Hall–Kier alpha value is -1.45. The number of nitrogens with two attached hydrogens (primary N) is 1. The Kier molecular flexibility index (Phi) is 2.60. The Bertz CT molecular complexity index is 292. The molecule has 0 saturated heterocycles. The van der Waals surface area contributed by atoms with E-state index < -0.39 is 5.54 Å². The Morgan fingerprint density at radius 3 is 2.46 bits per heavy atom. The number of hydrogen-bond acceptors (Lipinski definition) is 2. The standard InChI is InChI=1S/C9H15N3O/c1-3-9(2,8(10)11-13)12-6-4-5-7-12/h4-7,13H,3H2,1-2H3,(H2,10,11)/t9-/m0/s1. The molecule has 1 heterocycles. The van der Waals surface area contributed by atoms with Crippen LogP contribution in [0.2, 0.25) is 0 Å². The van der Waals surface area contributed by atoms with Crippen molar-refractivity contribution in [2.24, 2.45) is 10.9 Å². The summed E-state index contributed by atoms with van der Waals surface area (Å²) in [5.74, 6) is 0.228. The number of aromatic nitrogens is 1. The van der Waals surface area contributed by atoms with E-state index in [-0.39, 0.29) is 5.84 Å². The van der Waals surface area contributed by atoms with Gasteiger partial charge in [0.2, 0.25) is 0 Å². The second kappa shape index (κ2) is 3.51. The number of nitrogens with zero attached hydrogens (tertiary/aromatic N) is 2. The van der Waals surface area contributed by atoms with Crippen LogP contribution in [0, 0.1) is 0 Å². The van der Waals surface area contributed by atoms with Crippen LogP contribution < -0.4 is 5.73 Å². The molecule has 0 amide bonds. The van der Waals surface area contributed by atoms with E-state index in [4.69, 9.17) is 10.9 Å². The molecule has 0 bridgehead atoms. The third kappa shape index (κ3) is 1.52. The zero-order chi connectivity index (χ0) is 9.90. The maximum Gasteiger partial charge on any atom is 0.165 e. The van der Waals surface area contributed by atoms with Gasteiger partial charge in [0.15, 0.2) is 5.84 Å². The molecule has 0 unspecified atom stereocenters. The largest absolute Gasteiger partial charge is 0.409 e. The average Bonchev–Trinajstić information content (AvgIpc) is 2.68. The molecule has 0 aromatic carbocycles. The van der Waals surface area contributed by atoms with Gasteiger partial charge in [-0.25, -0.2) is 0 Å². The van der Waals surface area contributed by atoms with Crippen LogP contribution in [0.5, 0.6) is 0 Å². The molecule has 4 nitrogen and oxygen atoms in total. The highest BCUT2D eigenvalue weighted by Gasteiger charge is 2.28. The maximum atomic E-state index is 8.65. The van der Waals surface area contributed by atoms with Gasteiger partial charge in [0.1, 0.15) is 5.54 Å². The van der Waals surface area contributed by atoms with Crippen LogP contribution in [0.15, 0.2) is 29.7 Å². The molecule has 1 aromatic heterocycles. The molecule has 13 heavy (non-hydrogen) atoms. The van der Waals surface area contributed by atoms with E-state index in [1.54, 1.807) is 0 Å². The highest BCUT2D eigenvalue weighted by Crippen LogP contribution is 2.20. The third-order valence-corrected chi connectivity index (χ3v) is 2.52. The van der Waals surface area contributed by atoms with Crippen LogP contribution in [-0.2, 0) is 5.54 Å². The van der Waals surface area contributed by atoms with Gasteiger partial charge >= 0.3 is 0 Å². The van der Waals surface area contributed by atoms with E-state index in [2.05, 4.69) is 5.16 Å². The number of rotatable bonds is 3. The van der Waals surface area contributed by atoms with Crippen LogP contribution in [0.4, 0.5) is 0 Å². The van der Waals surface area contributed by atoms with Crippen molar-refractivity contribution < 1.29 is 5.21 Å². The topological polar surface area (TPSA) is 63.5 Å². The molecule has 0 aliphatic carbocycles. The predicted molar refractivity (Wildman–Crippen MR) is 51.8 cm³/mol. The summed E-state index contributed by atoms with van der Waals surface area (Å²) in [6, 6.07) is 3.83. The van der Waals surface area contributed by atoms with Gasteiger partial charge in [-0.15, -0.1) is 0 Å². The maximum absolute atomic E-state index is 8.65. The van der Waals surface area contributed by atoms with Crippen molar-refractivity contribution in [1.82, 2.24) is 4.57 Å². The van der Waals surface area contributed by atoms with Crippen molar-refractivity contribution in [2.75, 3.05) is 0 Å². The minimum atomic E-state index is -0.432. The molecular weight excluding hydrogens is 166 g/mol. The molecule has 3 N–H and O–H groups in total. The van der Waals surface area contributed by atoms with Crippen LogP contribution in [0.1, 0.15) is 20.3 Å². The lowest BCUT2D eigenvalue weighted by molar-refractivity contribution is 0.302. The van der Waals surface area contributed by atoms with Crippen molar-refractivity contribution in [2.45, 2.75) is 25.8 Å². The lowest BCUT2D eigenvalue weighted by atomic mass is 9.97. The van der Waals surface area contributed by atoms with Crippen LogP contribution in [-0.4, -0.2) is 15.6 Å². The molecule has 0 spiro atoms. The summed E-state index contributed by atoms with van der Waals surface area (Å²) in [7, 11) is 0. The normalized spacial score (nSPS) is 16.9. The van der Waals surface area contributed by atoms with Crippen molar-refractivity contribution in [1.29, 1.82) is 0 Å². The molecule has 0 aliphatic heterocycles. The fraction of sp³-hybridized carbons (Fsp3) is 0.444. The number of oxime groups is 1. The van der Waals surface area contributed by atoms with Crippen molar-refractivity contribution in [3.05, 3.63) is 24.5 Å². The minimum absolute atomic E-state index is 0.228. The lowest BCUT2D eigenvalue weighted by Gasteiger charge is -2.28. The molecule has 72 valence electrons. The molecular formula is C9H15N3O. The van der Waals surface area contributed by atoms with Crippen LogP contribution in [0.3, 0.4) is 0 Å². The summed E-state index contributed by atoms with van der Waals surface area (Å²) in [6.45, 7) is 3.93. The van der Waals surface area contributed by atoms with Gasteiger partial charge in [0.25, 0.3) is 0 Å². The van der Waals surface area contributed by atoms with E-state index in [0.717, 1.165) is 6.42 Å². The van der Waals surface area contributed by atoms with Gasteiger partial charge < -0.3 is 15.5 Å². The zero-order valence-corrected chi connectivity index (χ0v) is 7.94. The first kappa shape index (κ1) is 9.64. The lowest BCUT2D eigenvalue weighted by Crippen LogP contribution is -2.42. The summed E-state index contributed by atoms with van der Waals surface area (Å²) in [4.78, 5) is 0. The van der Waals surface area contributed by atoms with E-state index in [9.17, 15) is 0 Å². The van der Waals surface area contributed by atoms with Gasteiger partial charge in [-0.1, -0.05) is 12.1 Å². The summed E-state index contributed by atoms with van der Waals surface area (Å²) in [5.41, 5.74) is 5.20. The molecule has 1 atom stereocenters. The van der Waals surface area contributed by atoms with Crippen molar-refractivity contribution >= 4 is 5.84 Å². The summed E-state index contributed by atoms with van der Waals surface area (Å²) in [5, 5.41) is 11.7. The fourth-order valence-corrected chi connectivity index (χ4v) is 1.27. The molecule has 0 saturated carbocycles. The smallest absolute Gasteiger partial charge is 0.165 e. The Morgan fingerprint density at radius 2 is 2.08 bits per heavy atom. The van der Waals surface area contributed by atoms with Gasteiger partial charge in [0, 0.05) is 12.4 Å². The van der Waals surface area contributed by atoms with E-state index in [0.29, 0.717) is 0 Å². The Balaban J connectivity index is 3.08. The Labute approximate surface area is 77.7 Å². The third-order valence-electron chi connectivity index (χ3n) is 2.52. The molecule has 0 radical (unpaired) electrons. The first-order chi connectivity index (χ1) is 6.15. The van der Waals surface area contributed by atoms with Gasteiger partial charge in [-0.05, 0) is 25.5 Å². The fourth-order valence-electron chi connectivity index (χ4n) is 1.27. The number of amidine groups is 1. The molecule has 0 aliphatic rings. The highest BCUT2D eigenvalue weighted by atomic mass is 16.4. The minimum Gasteiger partial charge on any atom is -0.409 e. The predicted octanol–water partition coefficient (Wildman–Crippen LogP) is 1.36. The molecule has 1 rings (SSSR count). The first-order valence-corrected chi connectivity index (χ1v) is 4.26. The van der Waals surface area contributed by atoms with Gasteiger partial charge in [0.05, 0.1) is 0 Å². The monoisotopic (exact) mass is 181 g/mol. The second-order valence-corrected chi connectivity index (χ2v) is 3.20. The summed E-state index contributed by atoms with van der Waals surface area (Å²) >= 11 is 0. The molecule has 4 heteroatoms. The van der Waals surface area contributed by atoms with E-state index in [1.807, 2.05) is 42.9 Å². The highest BCUT2D eigenvalue weighted by molar-refractivity contribution is 5.87. The van der Waals surface area contributed by atoms with Crippen molar-refractivity contribution in [3.63, 3.8) is 0 Å². The summed E-state index contributed by atoms with van der Waals surface area (Å²) in [6.07, 6.45) is 4.58. The number of hydrogen-bond donors (Lipinski definition) is 2. The van der Waals surface area contributed by atoms with Crippen LogP contribution >= 0.6 is 0 Å². The van der Waals surface area contributed by atoms with Gasteiger partial charge in [-0.3, -0.25) is 0 Å². The van der Waals surface area contributed by atoms with Crippen LogP contribution in [0.25, 0.3) is 0 Å². The summed E-state index contributed by atoms with van der Waals surface area (Å²) < 4.78 is 1.93. The molecule has 1 aromatic rings. The second-order valence-electron chi connectivity index (χ2n) is 3.20. The van der Waals surface area contributed by atoms with Crippen molar-refractivity contribution in [3.8, 4) is 0 Å². The quantitative estimate of drug-likeness (QED) is 0.320. The van der Waals surface area contributed by atoms with Gasteiger partial charge in [-0.2, -0.15) is 0 Å². The first-order valence-electron chi connectivity index (χ1n) is 4.26. The SMILES string of the molecule is CC[C@@](C)(C(N)=NO)n1cccc1. The van der Waals surface area contributed by atoms with E-state index >= 15 is 0 Å². The Morgan fingerprint density at radius 1 is 1.54 bits per heavy atom. The molecule has 0 fully saturated rings. The van der Waals surface area contributed by atoms with E-state index in [1.165, 1.54) is 0 Å². The average molecular weight is 181 g/mol. The zero-order valence-electron chi connectivity index (χ0n) is 7.94.